The van der Waals surface area contributed by atoms with Crippen LogP contribution in [0.5, 0.6) is 0 Å². The quantitative estimate of drug-likeness (QED) is 0.758. The van der Waals surface area contributed by atoms with Gasteiger partial charge in [0.1, 0.15) is 0 Å². The Labute approximate surface area is 140 Å². The highest BCUT2D eigenvalue weighted by atomic mass is 79.9. The van der Waals surface area contributed by atoms with Gasteiger partial charge in [0, 0.05) is 28.5 Å². The van der Waals surface area contributed by atoms with Gasteiger partial charge in [-0.2, -0.15) is 0 Å². The number of amides is 1. The van der Waals surface area contributed by atoms with E-state index in [2.05, 4.69) is 43.7 Å². The van der Waals surface area contributed by atoms with Crippen LogP contribution in [0.15, 0.2) is 34.9 Å². The zero-order valence-corrected chi connectivity index (χ0v) is 14.2. The lowest BCUT2D eigenvalue weighted by molar-refractivity contribution is -0.117. The van der Waals surface area contributed by atoms with Crippen LogP contribution in [0, 0.1) is 0 Å². The molecule has 1 aromatic heterocycles. The zero-order valence-electron chi connectivity index (χ0n) is 11.8. The molecular formula is C15H16BrN3O2S. The van der Waals surface area contributed by atoms with Crippen molar-refractivity contribution >= 4 is 38.3 Å². The first-order valence-corrected chi connectivity index (χ1v) is 8.62. The van der Waals surface area contributed by atoms with Gasteiger partial charge in [0.25, 0.3) is 0 Å². The van der Waals surface area contributed by atoms with Crippen molar-refractivity contribution in [3.63, 3.8) is 0 Å². The molecule has 2 atom stereocenters. The van der Waals surface area contributed by atoms with E-state index in [1.807, 2.05) is 12.1 Å². The number of hydrogen-bond acceptors (Lipinski definition) is 5. The first-order chi connectivity index (χ1) is 10.6. The van der Waals surface area contributed by atoms with Gasteiger partial charge in [-0.05, 0) is 24.1 Å². The first-order valence-electron chi connectivity index (χ1n) is 7.01. The Hall–Kier alpha value is -1.28. The van der Waals surface area contributed by atoms with Crippen molar-refractivity contribution in [1.82, 2.24) is 10.3 Å². The maximum absolute atomic E-state index is 12.0. The van der Waals surface area contributed by atoms with Gasteiger partial charge >= 0.3 is 0 Å². The number of thiazole rings is 1. The van der Waals surface area contributed by atoms with E-state index in [0.29, 0.717) is 18.1 Å². The van der Waals surface area contributed by atoms with Crippen molar-refractivity contribution in [3.8, 4) is 0 Å². The normalized spacial score (nSPS) is 21.0. The van der Waals surface area contributed by atoms with Crippen molar-refractivity contribution < 1.29 is 9.90 Å². The number of carbonyl (C=O) groups is 1. The highest BCUT2D eigenvalue weighted by Gasteiger charge is 2.28. The molecule has 0 bridgehead atoms. The van der Waals surface area contributed by atoms with Crippen molar-refractivity contribution in [2.75, 3.05) is 11.9 Å². The zero-order chi connectivity index (χ0) is 15.5. The fourth-order valence-electron chi connectivity index (χ4n) is 2.40. The number of hydrogen-bond donors (Lipinski definition) is 3. The second kappa shape index (κ2) is 6.87. The fraction of sp³-hybridized carbons (Fsp3) is 0.333. The number of benzene rings is 1. The van der Waals surface area contributed by atoms with Crippen LogP contribution in [-0.2, 0) is 11.2 Å². The van der Waals surface area contributed by atoms with Crippen LogP contribution in [0.25, 0.3) is 0 Å². The van der Waals surface area contributed by atoms with Crippen LogP contribution in [0.4, 0.5) is 5.13 Å². The molecule has 0 spiro atoms. The molecule has 0 aliphatic carbocycles. The van der Waals surface area contributed by atoms with E-state index in [-0.39, 0.29) is 11.9 Å². The number of carbonyl (C=O) groups excluding carboxylic acids is 1. The first kappa shape index (κ1) is 15.6. The maximum atomic E-state index is 12.0. The van der Waals surface area contributed by atoms with Gasteiger partial charge in [-0.25, -0.2) is 4.98 Å². The van der Waals surface area contributed by atoms with Crippen LogP contribution in [-0.4, -0.2) is 34.7 Å². The Morgan fingerprint density at radius 3 is 3.14 bits per heavy atom. The molecule has 1 aliphatic rings. The molecule has 5 nitrogen and oxygen atoms in total. The number of halogens is 1. The van der Waals surface area contributed by atoms with Crippen LogP contribution < -0.4 is 10.6 Å². The Bertz CT molecular complexity index is 676. The third-order valence-electron chi connectivity index (χ3n) is 3.48. The standard InChI is InChI=1S/C15H16BrN3O2S/c16-10-3-1-2-9(4-10)5-12-8-18-15(22-12)19-14(21)13-6-11(20)7-17-13/h1-4,8,11,13,17,20H,5-7H2,(H,18,19,21)/t11-,13-/m1/s1. The smallest absolute Gasteiger partial charge is 0.243 e. The monoisotopic (exact) mass is 381 g/mol. The van der Waals surface area contributed by atoms with Crippen LogP contribution >= 0.6 is 27.3 Å². The molecule has 0 unspecified atom stereocenters. The van der Waals surface area contributed by atoms with Gasteiger partial charge in [0.15, 0.2) is 5.13 Å². The highest BCUT2D eigenvalue weighted by molar-refractivity contribution is 9.10. The van der Waals surface area contributed by atoms with E-state index < -0.39 is 6.10 Å². The summed E-state index contributed by atoms with van der Waals surface area (Å²) in [7, 11) is 0. The number of nitrogens with zero attached hydrogens (tertiary/aromatic N) is 1. The summed E-state index contributed by atoms with van der Waals surface area (Å²) in [6.45, 7) is 0.462. The number of nitrogens with one attached hydrogen (secondary N) is 2. The van der Waals surface area contributed by atoms with Gasteiger partial charge in [0.05, 0.1) is 12.1 Å². The molecule has 3 rings (SSSR count). The van der Waals surface area contributed by atoms with E-state index in [1.165, 1.54) is 16.9 Å². The van der Waals surface area contributed by atoms with Gasteiger partial charge in [-0.15, -0.1) is 11.3 Å². The summed E-state index contributed by atoms with van der Waals surface area (Å²) >= 11 is 4.93. The summed E-state index contributed by atoms with van der Waals surface area (Å²) in [6.07, 6.45) is 2.58. The molecule has 7 heteroatoms. The molecule has 1 saturated heterocycles. The summed E-state index contributed by atoms with van der Waals surface area (Å²) in [6, 6.07) is 7.78. The Kier molecular flexibility index (Phi) is 4.87. The van der Waals surface area contributed by atoms with E-state index in [4.69, 9.17) is 0 Å². The highest BCUT2D eigenvalue weighted by Crippen LogP contribution is 2.23. The molecule has 1 aromatic carbocycles. The predicted molar refractivity (Wildman–Crippen MR) is 90.1 cm³/mol. The third-order valence-corrected chi connectivity index (χ3v) is 4.88. The fourth-order valence-corrected chi connectivity index (χ4v) is 3.70. The number of aliphatic hydroxyl groups is 1. The van der Waals surface area contributed by atoms with Crippen molar-refractivity contribution in [2.45, 2.75) is 25.0 Å². The van der Waals surface area contributed by atoms with Gasteiger partial charge in [-0.1, -0.05) is 28.1 Å². The lowest BCUT2D eigenvalue weighted by atomic mass is 10.1. The molecule has 116 valence electrons. The Balaban J connectivity index is 1.60. The summed E-state index contributed by atoms with van der Waals surface area (Å²) in [5.41, 5.74) is 1.19. The minimum Gasteiger partial charge on any atom is -0.392 e. The van der Waals surface area contributed by atoms with Crippen LogP contribution in [0.3, 0.4) is 0 Å². The van der Waals surface area contributed by atoms with Gasteiger partial charge < -0.3 is 15.7 Å². The lowest BCUT2D eigenvalue weighted by Crippen LogP contribution is -2.35. The molecule has 1 fully saturated rings. The molecular weight excluding hydrogens is 366 g/mol. The topological polar surface area (TPSA) is 74.2 Å². The number of β-amino-alcohol motifs (C(OH)–C–C–N with tert-alkyl or cyclic N) is 1. The Morgan fingerprint density at radius 2 is 2.41 bits per heavy atom. The third kappa shape index (κ3) is 3.92. The van der Waals surface area contributed by atoms with Gasteiger partial charge in [0.2, 0.25) is 5.91 Å². The average molecular weight is 382 g/mol. The molecule has 2 aromatic rings. The molecule has 0 saturated carbocycles. The molecule has 0 radical (unpaired) electrons. The number of aromatic nitrogens is 1. The largest absolute Gasteiger partial charge is 0.392 e. The second-order valence-electron chi connectivity index (χ2n) is 5.28. The SMILES string of the molecule is O=C(Nc1ncc(Cc2cccc(Br)c2)s1)[C@H]1C[C@@H](O)CN1. The number of anilines is 1. The number of rotatable bonds is 4. The van der Waals surface area contributed by atoms with Gasteiger partial charge in [-0.3, -0.25) is 4.79 Å². The molecule has 1 aliphatic heterocycles. The van der Waals surface area contributed by atoms with E-state index >= 15 is 0 Å². The lowest BCUT2D eigenvalue weighted by Gasteiger charge is -2.08. The summed E-state index contributed by atoms with van der Waals surface area (Å²) in [4.78, 5) is 17.4. The predicted octanol–water partition coefficient (Wildman–Crippen LogP) is 2.16. The van der Waals surface area contributed by atoms with Crippen molar-refractivity contribution in [3.05, 3.63) is 45.4 Å². The summed E-state index contributed by atoms with van der Waals surface area (Å²) in [5.74, 6) is -0.139. The van der Waals surface area contributed by atoms with Crippen LogP contribution in [0.1, 0.15) is 16.9 Å². The summed E-state index contributed by atoms with van der Waals surface area (Å²) in [5, 5.41) is 15.8. The molecule has 3 N–H and O–H groups in total. The van der Waals surface area contributed by atoms with Crippen molar-refractivity contribution in [2.24, 2.45) is 0 Å². The molecule has 1 amide bonds. The van der Waals surface area contributed by atoms with E-state index in [9.17, 15) is 9.90 Å². The van der Waals surface area contributed by atoms with E-state index in [1.54, 1.807) is 6.20 Å². The number of aliphatic hydroxyl groups excluding tert-OH is 1. The van der Waals surface area contributed by atoms with E-state index in [0.717, 1.165) is 15.8 Å². The maximum Gasteiger partial charge on any atom is 0.243 e. The second-order valence-corrected chi connectivity index (χ2v) is 7.31. The van der Waals surface area contributed by atoms with Crippen LogP contribution in [0.2, 0.25) is 0 Å². The Morgan fingerprint density at radius 1 is 1.55 bits per heavy atom. The minimum atomic E-state index is -0.445. The average Bonchev–Trinajstić information content (AvgIpc) is 3.08. The van der Waals surface area contributed by atoms with Crippen molar-refractivity contribution in [1.29, 1.82) is 0 Å². The summed E-state index contributed by atoms with van der Waals surface area (Å²) < 4.78 is 1.05. The molecule has 22 heavy (non-hydrogen) atoms. The molecule has 2 heterocycles. The minimum absolute atomic E-state index is 0.139.